The van der Waals surface area contributed by atoms with Gasteiger partial charge in [-0.15, -0.1) is 11.3 Å². The molecule has 0 aliphatic rings. The third-order valence-corrected chi connectivity index (χ3v) is 6.99. The van der Waals surface area contributed by atoms with E-state index in [0.29, 0.717) is 6.54 Å². The van der Waals surface area contributed by atoms with Crippen LogP contribution in [0.2, 0.25) is 0 Å². The predicted molar refractivity (Wildman–Crippen MR) is 123 cm³/mol. The Morgan fingerprint density at radius 1 is 0.724 bits per heavy atom. The summed E-state index contributed by atoms with van der Waals surface area (Å²) >= 11 is 1.76. The molecule has 1 heterocycles. The van der Waals surface area contributed by atoms with E-state index in [2.05, 4.69) is 63.2 Å². The highest BCUT2D eigenvalue weighted by Gasteiger charge is 2.17. The van der Waals surface area contributed by atoms with Crippen molar-refractivity contribution in [3.8, 4) is 32.7 Å². The lowest BCUT2D eigenvalue weighted by atomic mass is 9.92. The van der Waals surface area contributed by atoms with Crippen molar-refractivity contribution in [2.45, 2.75) is 27.3 Å². The molecule has 0 amide bonds. The van der Waals surface area contributed by atoms with Crippen molar-refractivity contribution in [3.63, 3.8) is 0 Å². The van der Waals surface area contributed by atoms with Crippen molar-refractivity contribution < 1.29 is 4.39 Å². The number of hydrogen-bond donors (Lipinski definition) is 1. The summed E-state index contributed by atoms with van der Waals surface area (Å²) < 4.78 is 13.6. The molecule has 29 heavy (non-hydrogen) atoms. The molecular weight excluding hydrogens is 377 g/mol. The summed E-state index contributed by atoms with van der Waals surface area (Å²) in [6.45, 7) is 6.93. The van der Waals surface area contributed by atoms with Gasteiger partial charge in [0.2, 0.25) is 0 Å². The SMILES string of the molecule is Cc1ccc(-c2ccc(-c3sc(CN)c(C)c3C)c(-c3ccc(F)cc3)c2)cc1. The fourth-order valence-electron chi connectivity index (χ4n) is 3.64. The zero-order valence-electron chi connectivity index (χ0n) is 16.9. The van der Waals surface area contributed by atoms with E-state index in [1.807, 2.05) is 12.1 Å². The van der Waals surface area contributed by atoms with Crippen molar-refractivity contribution in [3.05, 3.63) is 94.1 Å². The van der Waals surface area contributed by atoms with Gasteiger partial charge in [-0.25, -0.2) is 4.39 Å². The first-order valence-corrected chi connectivity index (χ1v) is 10.6. The van der Waals surface area contributed by atoms with Crippen LogP contribution in [0.5, 0.6) is 0 Å². The fraction of sp³-hybridized carbons (Fsp3) is 0.154. The molecule has 1 nitrogen and oxygen atoms in total. The molecule has 0 bridgehead atoms. The quantitative estimate of drug-likeness (QED) is 0.382. The smallest absolute Gasteiger partial charge is 0.123 e. The second kappa shape index (κ2) is 7.94. The number of benzene rings is 3. The van der Waals surface area contributed by atoms with Crippen LogP contribution >= 0.6 is 11.3 Å². The van der Waals surface area contributed by atoms with E-state index >= 15 is 0 Å². The largest absolute Gasteiger partial charge is 0.326 e. The van der Waals surface area contributed by atoms with Gasteiger partial charge in [-0.3, -0.25) is 0 Å². The lowest BCUT2D eigenvalue weighted by Crippen LogP contribution is -1.94. The molecule has 0 unspecified atom stereocenters. The molecule has 1 aromatic heterocycles. The highest BCUT2D eigenvalue weighted by atomic mass is 32.1. The Morgan fingerprint density at radius 2 is 1.34 bits per heavy atom. The third kappa shape index (κ3) is 3.76. The Kier molecular flexibility index (Phi) is 5.35. The van der Waals surface area contributed by atoms with Crippen LogP contribution < -0.4 is 5.73 Å². The number of thiophene rings is 1. The zero-order chi connectivity index (χ0) is 20.5. The average Bonchev–Trinajstić information content (AvgIpc) is 3.03. The Balaban J connectivity index is 1.93. The molecule has 0 fully saturated rings. The van der Waals surface area contributed by atoms with Gasteiger partial charge in [0, 0.05) is 16.3 Å². The summed E-state index contributed by atoms with van der Waals surface area (Å²) in [6.07, 6.45) is 0. The first-order valence-electron chi connectivity index (χ1n) is 9.74. The maximum absolute atomic E-state index is 13.6. The topological polar surface area (TPSA) is 26.0 Å². The van der Waals surface area contributed by atoms with Gasteiger partial charge < -0.3 is 5.73 Å². The van der Waals surface area contributed by atoms with Crippen LogP contribution in [-0.2, 0) is 6.54 Å². The molecule has 0 aliphatic heterocycles. The molecule has 0 spiro atoms. The van der Waals surface area contributed by atoms with Crippen LogP contribution in [0.25, 0.3) is 32.7 Å². The highest BCUT2D eigenvalue weighted by molar-refractivity contribution is 7.16. The van der Waals surface area contributed by atoms with Crippen LogP contribution in [0.4, 0.5) is 4.39 Å². The fourth-order valence-corrected chi connectivity index (χ4v) is 4.87. The van der Waals surface area contributed by atoms with Gasteiger partial charge in [-0.05, 0) is 77.9 Å². The van der Waals surface area contributed by atoms with Crippen molar-refractivity contribution >= 4 is 11.3 Å². The molecular formula is C26H24FNS. The highest BCUT2D eigenvalue weighted by Crippen LogP contribution is 2.42. The first-order chi connectivity index (χ1) is 14.0. The Bertz CT molecular complexity index is 1150. The van der Waals surface area contributed by atoms with E-state index in [0.717, 1.165) is 22.3 Å². The molecule has 0 atom stereocenters. The number of aryl methyl sites for hydroxylation is 1. The predicted octanol–water partition coefficient (Wildman–Crippen LogP) is 7.27. The summed E-state index contributed by atoms with van der Waals surface area (Å²) in [4.78, 5) is 2.45. The van der Waals surface area contributed by atoms with Crippen LogP contribution in [-0.4, -0.2) is 0 Å². The van der Waals surface area contributed by atoms with Gasteiger partial charge >= 0.3 is 0 Å². The van der Waals surface area contributed by atoms with E-state index in [-0.39, 0.29) is 5.82 Å². The van der Waals surface area contributed by atoms with Gasteiger partial charge in [0.25, 0.3) is 0 Å². The minimum atomic E-state index is -0.224. The Labute approximate surface area is 175 Å². The van der Waals surface area contributed by atoms with Crippen molar-refractivity contribution in [2.75, 3.05) is 0 Å². The average molecular weight is 402 g/mol. The van der Waals surface area contributed by atoms with Gasteiger partial charge in [0.15, 0.2) is 0 Å². The monoisotopic (exact) mass is 401 g/mol. The van der Waals surface area contributed by atoms with E-state index in [1.165, 1.54) is 44.1 Å². The van der Waals surface area contributed by atoms with E-state index < -0.39 is 0 Å². The summed E-state index contributed by atoms with van der Waals surface area (Å²) in [6, 6.07) is 21.9. The van der Waals surface area contributed by atoms with E-state index in [1.54, 1.807) is 11.3 Å². The van der Waals surface area contributed by atoms with Crippen molar-refractivity contribution in [1.29, 1.82) is 0 Å². The second-order valence-corrected chi connectivity index (χ2v) is 8.55. The Morgan fingerprint density at radius 3 is 1.97 bits per heavy atom. The molecule has 0 saturated carbocycles. The van der Waals surface area contributed by atoms with Crippen LogP contribution in [0, 0.1) is 26.6 Å². The maximum atomic E-state index is 13.6. The minimum absolute atomic E-state index is 0.224. The van der Waals surface area contributed by atoms with Gasteiger partial charge in [-0.1, -0.05) is 54.1 Å². The summed E-state index contributed by atoms with van der Waals surface area (Å²) in [5, 5.41) is 0. The molecule has 3 heteroatoms. The van der Waals surface area contributed by atoms with Crippen LogP contribution in [0.1, 0.15) is 21.6 Å². The van der Waals surface area contributed by atoms with Crippen LogP contribution in [0.3, 0.4) is 0 Å². The number of hydrogen-bond acceptors (Lipinski definition) is 2. The van der Waals surface area contributed by atoms with Gasteiger partial charge in [0.05, 0.1) is 0 Å². The minimum Gasteiger partial charge on any atom is -0.326 e. The van der Waals surface area contributed by atoms with Crippen molar-refractivity contribution in [1.82, 2.24) is 0 Å². The molecule has 2 N–H and O–H groups in total. The molecule has 0 saturated heterocycles. The summed E-state index contributed by atoms with van der Waals surface area (Å²) in [7, 11) is 0. The molecule has 4 aromatic rings. The Hall–Kier alpha value is -2.75. The first kappa shape index (κ1) is 19.6. The maximum Gasteiger partial charge on any atom is 0.123 e. The molecule has 0 radical (unpaired) electrons. The van der Waals surface area contributed by atoms with Crippen LogP contribution in [0.15, 0.2) is 66.7 Å². The standard InChI is InChI=1S/C26H24FNS/c1-16-4-6-19(7-5-16)21-10-13-23(26-18(3)17(2)25(15-28)29-26)24(14-21)20-8-11-22(27)12-9-20/h4-14H,15,28H2,1-3H3. The van der Waals surface area contributed by atoms with Gasteiger partial charge in [-0.2, -0.15) is 0 Å². The normalized spacial score (nSPS) is 11.1. The molecule has 4 rings (SSSR count). The van der Waals surface area contributed by atoms with Gasteiger partial charge in [0.1, 0.15) is 5.82 Å². The summed E-state index contributed by atoms with van der Waals surface area (Å²) in [5.74, 6) is -0.224. The second-order valence-electron chi connectivity index (χ2n) is 7.44. The van der Waals surface area contributed by atoms with E-state index in [9.17, 15) is 4.39 Å². The molecule has 0 aliphatic carbocycles. The molecule has 146 valence electrons. The lowest BCUT2D eigenvalue weighted by Gasteiger charge is -2.13. The van der Waals surface area contributed by atoms with E-state index in [4.69, 9.17) is 5.73 Å². The number of halogens is 1. The zero-order valence-corrected chi connectivity index (χ0v) is 17.7. The number of rotatable bonds is 4. The van der Waals surface area contributed by atoms with Crippen molar-refractivity contribution in [2.24, 2.45) is 5.73 Å². The molecule has 3 aromatic carbocycles. The summed E-state index contributed by atoms with van der Waals surface area (Å²) in [5.41, 5.74) is 15.3. The number of nitrogens with two attached hydrogens (primary N) is 1. The lowest BCUT2D eigenvalue weighted by molar-refractivity contribution is 0.628. The third-order valence-electron chi connectivity index (χ3n) is 5.54.